The van der Waals surface area contributed by atoms with Crippen molar-refractivity contribution < 1.29 is 76.4 Å². The quantitative estimate of drug-likeness (QED) is 0.0194. The van der Waals surface area contributed by atoms with Gasteiger partial charge in [-0.2, -0.15) is 27.1 Å². The minimum Gasteiger partial charge on any atom is -0.505 e. The summed E-state index contributed by atoms with van der Waals surface area (Å²) in [4.78, 5) is 20.5. The van der Waals surface area contributed by atoms with Crippen molar-refractivity contribution in [3.8, 4) is 5.75 Å². The lowest BCUT2D eigenvalue weighted by molar-refractivity contribution is -0.141. The molecule has 64 heavy (non-hydrogen) atoms. The first-order valence-electron chi connectivity index (χ1n) is 18.2. The van der Waals surface area contributed by atoms with E-state index in [2.05, 4.69) is 33.6 Å². The van der Waals surface area contributed by atoms with Gasteiger partial charge in [-0.25, -0.2) is 26.4 Å². The van der Waals surface area contributed by atoms with Crippen molar-refractivity contribution >= 4 is 91.1 Å². The van der Waals surface area contributed by atoms with Crippen molar-refractivity contribution in [3.63, 3.8) is 0 Å². The molecule has 4 aromatic rings. The van der Waals surface area contributed by atoms with E-state index in [1.54, 1.807) is 0 Å². The zero-order valence-electron chi connectivity index (χ0n) is 33.9. The van der Waals surface area contributed by atoms with Crippen molar-refractivity contribution in [2.24, 2.45) is 20.5 Å². The van der Waals surface area contributed by atoms with Crippen LogP contribution in [0, 0.1) is 0 Å². The number of esters is 2. The van der Waals surface area contributed by atoms with Crippen LogP contribution in [0.4, 0.5) is 28.4 Å². The Morgan fingerprint density at radius 2 is 0.969 bits per heavy atom. The van der Waals surface area contributed by atoms with E-state index in [1.807, 2.05) is 0 Å². The van der Waals surface area contributed by atoms with Gasteiger partial charge in [-0.05, 0) is 79.9 Å². The number of phenols is 1. The average Bonchev–Trinajstić information content (AvgIpc) is 3.21. The molecule has 0 aliphatic heterocycles. The van der Waals surface area contributed by atoms with Crippen LogP contribution in [0.2, 0.25) is 0 Å². The number of rotatable bonds is 22. The Hall–Kier alpha value is -6.00. The molecule has 26 heteroatoms. The Morgan fingerprint density at radius 3 is 1.34 bits per heavy atom. The molecule has 0 fully saturated rings. The molecule has 0 saturated heterocycles. The van der Waals surface area contributed by atoms with Gasteiger partial charge in [0.15, 0.2) is 25.4 Å². The largest absolute Gasteiger partial charge is 0.505 e. The molecule has 0 unspecified atom stereocenters. The van der Waals surface area contributed by atoms with Crippen molar-refractivity contribution in [3.05, 3.63) is 85.0 Å². The molecular formula is C38H41N5O17S4. The van der Waals surface area contributed by atoms with Gasteiger partial charge in [-0.15, -0.1) is 10.2 Å². The molecule has 0 saturated carbocycles. The maximum absolute atomic E-state index is 12.8. The molecule has 4 rings (SSSR count). The van der Waals surface area contributed by atoms with Gasteiger partial charge in [0.1, 0.15) is 34.4 Å². The summed E-state index contributed by atoms with van der Waals surface area (Å²) in [5.74, 6) is -3.17. The normalized spacial score (nSPS) is 12.5. The Kier molecular flexibility index (Phi) is 16.7. The molecular weight excluding hydrogens is 927 g/mol. The lowest BCUT2D eigenvalue weighted by Gasteiger charge is -2.14. The van der Waals surface area contributed by atoms with Crippen LogP contribution in [0.5, 0.6) is 5.75 Å². The second kappa shape index (κ2) is 21.1. The summed E-state index contributed by atoms with van der Waals surface area (Å²) in [7, 11) is -18.2. The molecule has 5 N–H and O–H groups in total. The fourth-order valence-electron chi connectivity index (χ4n) is 5.17. The van der Waals surface area contributed by atoms with Crippen LogP contribution in [-0.2, 0) is 68.4 Å². The number of hydrogen-bond donors (Lipinski definition) is 4. The smallest absolute Gasteiger partial charge is 0.333 e. The summed E-state index contributed by atoms with van der Waals surface area (Å²) in [6.07, 6.45) is 0. The number of fused-ring (bicyclic) bond motifs is 1. The lowest BCUT2D eigenvalue weighted by Crippen LogP contribution is -2.16. The first kappa shape index (κ1) is 50.6. The molecule has 0 amide bonds. The van der Waals surface area contributed by atoms with Crippen LogP contribution in [0.15, 0.2) is 125 Å². The number of anilines is 1. The molecule has 0 bridgehead atoms. The standard InChI is InChI=1S/C38H41N5O17S4/c1-23(2)37(45)59-15-13-57-17-19-61(47,48)28-9-5-26(6-10-28)40-42-34-30(63(51,52)53)21-25-22-31(64(54,55)56)35(36(44)32(25)33(34)39)43-41-27-7-11-29(12-8-27)62(49,50)20-18-58-14-16-60-38(46)24(3)4/h5-12,21-22,44H,1,3,13-20,39H2,2,4H3,(H,51,52,53)(H,54,55,56). The number of aromatic hydroxyl groups is 1. The Bertz CT molecular complexity index is 2780. The zero-order valence-corrected chi connectivity index (χ0v) is 37.2. The van der Waals surface area contributed by atoms with Crippen molar-refractivity contribution in [2.45, 2.75) is 33.4 Å². The predicted molar refractivity (Wildman–Crippen MR) is 228 cm³/mol. The molecule has 0 aromatic heterocycles. The SMILES string of the molecule is C=C(C)C(=O)OCCOCCS(=O)(=O)c1ccc(N=Nc2c(S(=O)(=O)O)cc3cc(S(=O)(=O)O)c(N=Nc4ccc(S(=O)(=O)CCOCCOC(=O)C(=C)C)cc4)c(O)c3c2N)cc1. The molecule has 0 heterocycles. The molecule has 344 valence electrons. The zero-order chi connectivity index (χ0) is 47.6. The summed E-state index contributed by atoms with van der Waals surface area (Å²) < 4.78 is 141. The minimum absolute atomic E-state index is 0.0401. The van der Waals surface area contributed by atoms with Crippen LogP contribution >= 0.6 is 0 Å². The van der Waals surface area contributed by atoms with E-state index in [0.717, 1.165) is 12.1 Å². The molecule has 0 atom stereocenters. The average molecular weight is 968 g/mol. The van der Waals surface area contributed by atoms with Crippen LogP contribution in [0.1, 0.15) is 13.8 Å². The number of benzene rings is 4. The topological polar surface area (TPSA) is 344 Å². The maximum atomic E-state index is 12.8. The van der Waals surface area contributed by atoms with E-state index in [4.69, 9.17) is 24.7 Å². The molecule has 0 aliphatic rings. The van der Waals surface area contributed by atoms with Gasteiger partial charge in [0, 0.05) is 11.1 Å². The van der Waals surface area contributed by atoms with Crippen LogP contribution in [-0.4, -0.2) is 111 Å². The molecule has 22 nitrogen and oxygen atoms in total. The number of carbonyl (C=O) groups is 2. The number of phenolic OH excluding ortho intramolecular Hbond substituents is 1. The van der Waals surface area contributed by atoms with Crippen molar-refractivity contribution in [2.75, 3.05) is 56.9 Å². The van der Waals surface area contributed by atoms with Crippen LogP contribution in [0.3, 0.4) is 0 Å². The highest BCUT2D eigenvalue weighted by molar-refractivity contribution is 7.91. The van der Waals surface area contributed by atoms with Gasteiger partial charge in [0.2, 0.25) is 0 Å². The third-order valence-corrected chi connectivity index (χ3v) is 13.5. The Balaban J connectivity index is 1.59. The first-order valence-corrected chi connectivity index (χ1v) is 24.4. The van der Waals surface area contributed by atoms with E-state index in [-0.39, 0.29) is 72.0 Å². The highest BCUT2D eigenvalue weighted by Crippen LogP contribution is 2.48. The van der Waals surface area contributed by atoms with E-state index in [0.29, 0.717) is 12.1 Å². The first-order chi connectivity index (χ1) is 29.8. The van der Waals surface area contributed by atoms with Crippen LogP contribution in [0.25, 0.3) is 10.8 Å². The molecule has 0 aliphatic carbocycles. The molecule has 0 spiro atoms. The number of azo groups is 2. The van der Waals surface area contributed by atoms with Crippen molar-refractivity contribution in [1.29, 1.82) is 0 Å². The fraction of sp³-hybridized carbons (Fsp3) is 0.263. The summed E-state index contributed by atoms with van der Waals surface area (Å²) in [5.41, 5.74) is 4.22. The summed E-state index contributed by atoms with van der Waals surface area (Å²) in [6.45, 7) is 8.99. The Labute approximate surface area is 367 Å². The summed E-state index contributed by atoms with van der Waals surface area (Å²) >= 11 is 0. The summed E-state index contributed by atoms with van der Waals surface area (Å²) in [5, 5.41) is 25.8. The monoisotopic (exact) mass is 967 g/mol. The third-order valence-electron chi connectivity index (χ3n) is 8.40. The molecule has 4 aromatic carbocycles. The fourth-order valence-corrected chi connectivity index (χ4v) is 8.75. The van der Waals surface area contributed by atoms with Crippen LogP contribution < -0.4 is 5.73 Å². The number of carbonyl (C=O) groups excluding carboxylic acids is 2. The minimum atomic E-state index is -5.24. The molecule has 0 radical (unpaired) electrons. The maximum Gasteiger partial charge on any atom is 0.333 e. The van der Waals surface area contributed by atoms with E-state index in [9.17, 15) is 57.5 Å². The second-order valence-corrected chi connectivity index (χ2v) is 20.3. The van der Waals surface area contributed by atoms with E-state index >= 15 is 0 Å². The highest BCUT2D eigenvalue weighted by Gasteiger charge is 2.28. The predicted octanol–water partition coefficient (Wildman–Crippen LogP) is 5.27. The third kappa shape index (κ3) is 13.5. The number of hydrogen-bond acceptors (Lipinski definition) is 20. The number of nitrogens with zero attached hydrogens (tertiary/aromatic N) is 4. The van der Waals surface area contributed by atoms with Gasteiger partial charge in [-0.3, -0.25) is 9.11 Å². The van der Waals surface area contributed by atoms with Gasteiger partial charge in [0.05, 0.1) is 70.2 Å². The summed E-state index contributed by atoms with van der Waals surface area (Å²) in [6, 6.07) is 10.8. The second-order valence-electron chi connectivity index (χ2n) is 13.3. The van der Waals surface area contributed by atoms with Gasteiger partial charge < -0.3 is 29.8 Å². The Morgan fingerprint density at radius 1 is 0.594 bits per heavy atom. The van der Waals surface area contributed by atoms with Gasteiger partial charge in [0.25, 0.3) is 20.2 Å². The highest BCUT2D eigenvalue weighted by atomic mass is 32.2. The number of nitrogens with two attached hydrogens (primary N) is 1. The van der Waals surface area contributed by atoms with Gasteiger partial charge >= 0.3 is 11.9 Å². The lowest BCUT2D eigenvalue weighted by atomic mass is 10.1. The van der Waals surface area contributed by atoms with E-state index in [1.165, 1.54) is 50.2 Å². The van der Waals surface area contributed by atoms with E-state index < -0.39 is 107 Å². The number of ether oxygens (including phenoxy) is 4. The van der Waals surface area contributed by atoms with Gasteiger partial charge in [-0.1, -0.05) is 13.2 Å². The number of sulfone groups is 2. The van der Waals surface area contributed by atoms with Crippen molar-refractivity contribution in [1.82, 2.24) is 0 Å². The number of nitrogen functional groups attached to an aromatic ring is 1.